The molecule has 2 amide bonds. The Balaban J connectivity index is 0.00000320. The molecule has 0 saturated heterocycles. The fourth-order valence-corrected chi connectivity index (χ4v) is 7.41. The maximum atomic E-state index is 13.0. The van der Waals surface area contributed by atoms with Crippen molar-refractivity contribution in [3.8, 4) is 17.2 Å². The number of carbonyl (C=O) groups excluding carboxylic acids is 1. The number of phenols is 2. The number of amides is 2. The van der Waals surface area contributed by atoms with E-state index in [9.17, 15) is 53.9 Å². The number of benzene rings is 6. The minimum absolute atomic E-state index is 0. The first kappa shape index (κ1) is 50.8. The van der Waals surface area contributed by atoms with Crippen LogP contribution in [0.25, 0.3) is 21.5 Å². The van der Waals surface area contributed by atoms with Gasteiger partial charge < -0.3 is 34.7 Å². The van der Waals surface area contributed by atoms with Crippen LogP contribution in [0.15, 0.2) is 126 Å². The van der Waals surface area contributed by atoms with Crippen molar-refractivity contribution in [3.05, 3.63) is 96.6 Å². The average Bonchev–Trinajstić information content (AvgIpc) is 3.13. The van der Waals surface area contributed by atoms with Gasteiger partial charge in [0.2, 0.25) is 0 Å². The van der Waals surface area contributed by atoms with E-state index < -0.39 is 73.9 Å². The van der Waals surface area contributed by atoms with E-state index in [4.69, 9.17) is 4.74 Å². The molecule has 0 unspecified atom stereocenters. The maximum absolute atomic E-state index is 13.0. The van der Waals surface area contributed by atoms with Gasteiger partial charge in [-0.05, 0) is 102 Å². The standard InChI is InChI=1S/C35H28N6O13S3.3Na/c1-18-13-23(55(45,46)47)9-12-26(18)38-40-31-29(56(48,49)50)16-19-14-21(7-10-24(19)33(31)42)36-35(44)37-22-8-11-25-20(15-22)17-30(57(51,52)53)32(34(25)43)41-39-27-5-3-4-6-28(27)54-2;;;/h3-17,42-43H,1-2H3,(H2,36,37,44)(H,45,46,47)(H,48,49,50)(H,51,52,53);;;/q;3*+1/p-2. The van der Waals surface area contributed by atoms with Gasteiger partial charge in [0.25, 0.3) is 10.1 Å². The summed E-state index contributed by atoms with van der Waals surface area (Å²) in [5.41, 5.74) is -0.737. The van der Waals surface area contributed by atoms with Crippen molar-refractivity contribution in [2.24, 2.45) is 20.5 Å². The number of aromatic hydroxyl groups is 2. The van der Waals surface area contributed by atoms with Crippen LogP contribution in [0.4, 0.5) is 38.9 Å². The first-order valence-electron chi connectivity index (χ1n) is 15.9. The zero-order chi connectivity index (χ0) is 41.4. The Kier molecular flexibility index (Phi) is 17.0. The van der Waals surface area contributed by atoms with Crippen LogP contribution in [-0.4, -0.2) is 62.3 Å². The van der Waals surface area contributed by atoms with Crippen LogP contribution in [0.2, 0.25) is 0 Å². The normalized spacial score (nSPS) is 11.8. The van der Waals surface area contributed by atoms with E-state index in [1.807, 2.05) is 0 Å². The number of nitrogens with zero attached hydrogens (tertiary/aromatic N) is 4. The summed E-state index contributed by atoms with van der Waals surface area (Å²) in [5, 5.41) is 42.6. The Morgan fingerprint density at radius 1 is 0.633 bits per heavy atom. The molecule has 6 rings (SSSR count). The molecule has 0 saturated carbocycles. The summed E-state index contributed by atoms with van der Waals surface area (Å²) in [4.78, 5) is 10.7. The largest absolute Gasteiger partial charge is 1.00 e. The molecule has 6 aromatic carbocycles. The van der Waals surface area contributed by atoms with E-state index in [-0.39, 0.29) is 139 Å². The van der Waals surface area contributed by atoms with E-state index in [1.54, 1.807) is 18.2 Å². The molecule has 0 aliphatic heterocycles. The molecule has 6 aromatic rings. The molecule has 0 bridgehead atoms. The molecule has 0 aliphatic carbocycles. The third kappa shape index (κ3) is 11.5. The first-order chi connectivity index (χ1) is 26.7. The quantitative estimate of drug-likeness (QED) is 0.0581. The molecular formula is C35H26N6Na3O13S3+. The number of nitrogens with one attached hydrogen (secondary N) is 2. The van der Waals surface area contributed by atoms with Gasteiger partial charge in [0, 0.05) is 22.1 Å². The van der Waals surface area contributed by atoms with Gasteiger partial charge in [-0.2, -0.15) is 13.5 Å². The number of hydrogen-bond acceptors (Lipinski definition) is 16. The van der Waals surface area contributed by atoms with Crippen LogP contribution in [0.5, 0.6) is 17.2 Å². The smallest absolute Gasteiger partial charge is 0.744 e. The molecule has 0 atom stereocenters. The Morgan fingerprint density at radius 2 is 1.13 bits per heavy atom. The molecule has 0 fully saturated rings. The van der Waals surface area contributed by atoms with Crippen molar-refractivity contribution in [3.63, 3.8) is 0 Å². The number of rotatable bonds is 10. The second kappa shape index (κ2) is 20.1. The predicted molar refractivity (Wildman–Crippen MR) is 202 cm³/mol. The van der Waals surface area contributed by atoms with Crippen LogP contribution in [0.1, 0.15) is 5.56 Å². The molecule has 0 aromatic heterocycles. The number of azo groups is 2. The Bertz CT molecular complexity index is 3060. The SMILES string of the molecule is COc1ccccc1N=Nc1c(S(=O)(=O)[O-])cc2cc(NC(=O)Nc3ccc4c(O)c(N=Nc5ccc(S(=O)(=O)[O-])cc5C)c(S(=O)(=O)O)cc4c3)ccc2c1O.[Na+].[Na+].[Na+]. The number of anilines is 2. The average molecular weight is 904 g/mol. The molecule has 5 N–H and O–H groups in total. The summed E-state index contributed by atoms with van der Waals surface area (Å²) in [7, 11) is -13.6. The van der Waals surface area contributed by atoms with Gasteiger partial charge in [-0.1, -0.05) is 12.1 Å². The number of para-hydroxylation sites is 1. The van der Waals surface area contributed by atoms with E-state index in [1.165, 1.54) is 56.5 Å². The van der Waals surface area contributed by atoms with Crippen molar-refractivity contribution >= 4 is 92.1 Å². The number of urea groups is 1. The topological polar surface area (TPSA) is 309 Å². The third-order valence-electron chi connectivity index (χ3n) is 8.22. The number of methoxy groups -OCH3 is 1. The number of fused-ring (bicyclic) bond motifs is 2. The zero-order valence-electron chi connectivity index (χ0n) is 32.1. The molecule has 0 spiro atoms. The van der Waals surface area contributed by atoms with Crippen molar-refractivity contribution < 1.29 is 147 Å². The first-order valence-corrected chi connectivity index (χ1v) is 20.1. The molecule has 19 nitrogen and oxygen atoms in total. The van der Waals surface area contributed by atoms with Crippen LogP contribution in [-0.2, 0) is 30.4 Å². The fourth-order valence-electron chi connectivity index (χ4n) is 5.55. The summed E-state index contributed by atoms with van der Waals surface area (Å²) in [6.07, 6.45) is 0. The molecule has 0 aliphatic rings. The minimum atomic E-state index is -5.21. The Hall–Kier alpha value is -3.56. The van der Waals surface area contributed by atoms with Gasteiger partial charge in [0.1, 0.15) is 47.9 Å². The van der Waals surface area contributed by atoms with Gasteiger partial charge in [0.05, 0.1) is 22.6 Å². The second-order valence-corrected chi connectivity index (χ2v) is 16.1. The monoisotopic (exact) mass is 903 g/mol. The van der Waals surface area contributed by atoms with E-state index >= 15 is 0 Å². The maximum Gasteiger partial charge on any atom is 1.00 e. The number of ether oxygens (including phenoxy) is 1. The van der Waals surface area contributed by atoms with E-state index in [0.717, 1.165) is 30.3 Å². The molecule has 294 valence electrons. The van der Waals surface area contributed by atoms with Gasteiger partial charge in [0.15, 0.2) is 11.5 Å². The summed E-state index contributed by atoms with van der Waals surface area (Å²) < 4.78 is 111. The molecule has 0 heterocycles. The molecular weight excluding hydrogens is 878 g/mol. The van der Waals surface area contributed by atoms with Gasteiger partial charge >= 0.3 is 94.7 Å². The summed E-state index contributed by atoms with van der Waals surface area (Å²) in [5.74, 6) is -1.10. The zero-order valence-corrected chi connectivity index (χ0v) is 40.5. The Morgan fingerprint density at radius 3 is 1.62 bits per heavy atom. The Labute approximate surface area is 408 Å². The van der Waals surface area contributed by atoms with Crippen LogP contribution < -0.4 is 104 Å². The summed E-state index contributed by atoms with van der Waals surface area (Å²) >= 11 is 0. The van der Waals surface area contributed by atoms with Crippen molar-refractivity contribution in [2.75, 3.05) is 17.7 Å². The fraction of sp³-hybridized carbons (Fsp3) is 0.0571. The van der Waals surface area contributed by atoms with Crippen LogP contribution >= 0.6 is 0 Å². The van der Waals surface area contributed by atoms with Gasteiger partial charge in [-0.25, -0.2) is 21.6 Å². The third-order valence-corrected chi connectivity index (χ3v) is 10.8. The number of hydrogen-bond donors (Lipinski definition) is 5. The molecule has 60 heavy (non-hydrogen) atoms. The predicted octanol–water partition coefficient (Wildman–Crippen LogP) is -1.74. The van der Waals surface area contributed by atoms with Gasteiger partial charge in [-0.3, -0.25) is 4.55 Å². The van der Waals surface area contributed by atoms with Crippen molar-refractivity contribution in [1.82, 2.24) is 0 Å². The number of carbonyl (C=O) groups is 1. The van der Waals surface area contributed by atoms with Crippen LogP contribution in [0.3, 0.4) is 0 Å². The molecule has 0 radical (unpaired) electrons. The van der Waals surface area contributed by atoms with E-state index in [2.05, 4.69) is 31.1 Å². The summed E-state index contributed by atoms with van der Waals surface area (Å²) in [6, 6.07) is 18.5. The summed E-state index contributed by atoms with van der Waals surface area (Å²) in [6.45, 7) is 1.41. The minimum Gasteiger partial charge on any atom is -0.744 e. The van der Waals surface area contributed by atoms with E-state index in [0.29, 0.717) is 5.75 Å². The number of phenolic OH excluding ortho intramolecular Hbond substituents is 2. The molecule has 25 heteroatoms. The van der Waals surface area contributed by atoms with Gasteiger partial charge in [-0.15, -0.1) is 15.3 Å². The van der Waals surface area contributed by atoms with Crippen molar-refractivity contribution in [2.45, 2.75) is 21.6 Å². The second-order valence-electron chi connectivity index (χ2n) is 12.0. The van der Waals surface area contributed by atoms with Crippen LogP contribution in [0, 0.1) is 6.92 Å². The number of aryl methyl sites for hydroxylation is 1. The van der Waals surface area contributed by atoms with Crippen molar-refractivity contribution in [1.29, 1.82) is 0 Å².